The Hall–Kier alpha value is -3.19. The molecule has 8 nitrogen and oxygen atoms in total. The van der Waals surface area contributed by atoms with E-state index in [0.717, 1.165) is 18.4 Å². The van der Waals surface area contributed by atoms with Crippen LogP contribution in [-0.4, -0.2) is 45.4 Å². The van der Waals surface area contributed by atoms with Crippen LogP contribution in [0, 0.1) is 0 Å². The quantitative estimate of drug-likeness (QED) is 0.484. The van der Waals surface area contributed by atoms with Gasteiger partial charge in [-0.2, -0.15) is 13.2 Å². The Bertz CT molecular complexity index is 1480. The van der Waals surface area contributed by atoms with Crippen molar-refractivity contribution in [1.82, 2.24) is 9.97 Å². The van der Waals surface area contributed by atoms with Gasteiger partial charge >= 0.3 is 6.18 Å². The number of hydrogen-bond acceptors (Lipinski definition) is 7. The van der Waals surface area contributed by atoms with Crippen LogP contribution in [0.3, 0.4) is 0 Å². The van der Waals surface area contributed by atoms with E-state index in [2.05, 4.69) is 14.7 Å². The van der Waals surface area contributed by atoms with Gasteiger partial charge < -0.3 is 4.74 Å². The molecule has 3 aromatic rings. The molecule has 13 heteroatoms. The Morgan fingerprint density at radius 2 is 1.72 bits per heavy atom. The number of aryl methyl sites for hydroxylation is 1. The number of alkyl halides is 3. The van der Waals surface area contributed by atoms with Crippen molar-refractivity contribution in [3.63, 3.8) is 0 Å². The van der Waals surface area contributed by atoms with Gasteiger partial charge in [0.2, 0.25) is 5.95 Å². The van der Waals surface area contributed by atoms with Gasteiger partial charge in [-0.1, -0.05) is 12.1 Å². The summed E-state index contributed by atoms with van der Waals surface area (Å²) < 4.78 is 97.1. The van der Waals surface area contributed by atoms with Crippen molar-refractivity contribution in [3.8, 4) is 5.75 Å². The number of rotatable bonds is 7. The van der Waals surface area contributed by atoms with Crippen molar-refractivity contribution in [1.29, 1.82) is 0 Å². The molecule has 1 unspecified atom stereocenters. The van der Waals surface area contributed by atoms with Crippen molar-refractivity contribution in [3.05, 3.63) is 77.1 Å². The number of nitrogens with one attached hydrogen (secondary N) is 1. The van der Waals surface area contributed by atoms with Gasteiger partial charge in [0, 0.05) is 36.2 Å². The first-order valence-corrected chi connectivity index (χ1v) is 14.3. The minimum atomic E-state index is -4.58. The molecule has 0 amide bonds. The second-order valence-electron chi connectivity index (χ2n) is 8.36. The third-order valence-electron chi connectivity index (χ3n) is 5.71. The first-order valence-electron chi connectivity index (χ1n) is 10.8. The highest BCUT2D eigenvalue weighted by Crippen LogP contribution is 2.42. The molecule has 0 radical (unpaired) electrons. The number of anilines is 1. The third kappa shape index (κ3) is 5.95. The zero-order chi connectivity index (χ0) is 26.1. The molecule has 192 valence electrons. The SMILES string of the molecule is CS(=O)(=O)CCc1cc(C(F)(F)F)ccc1C1CCOc2cc(S(=O)(=O)Nc3ncccn3)ccc21. The van der Waals surface area contributed by atoms with Crippen LogP contribution in [0.1, 0.15) is 34.6 Å². The van der Waals surface area contributed by atoms with Crippen LogP contribution in [0.5, 0.6) is 5.75 Å². The summed E-state index contributed by atoms with van der Waals surface area (Å²) in [6.45, 7) is 0.197. The van der Waals surface area contributed by atoms with E-state index in [9.17, 15) is 30.0 Å². The molecule has 4 rings (SSSR count). The van der Waals surface area contributed by atoms with Crippen LogP contribution in [0.2, 0.25) is 0 Å². The van der Waals surface area contributed by atoms with Crippen LogP contribution in [-0.2, 0) is 32.5 Å². The number of aromatic nitrogens is 2. The third-order valence-corrected chi connectivity index (χ3v) is 7.99. The maximum absolute atomic E-state index is 13.4. The molecule has 0 aliphatic carbocycles. The number of benzene rings is 2. The molecule has 0 spiro atoms. The van der Waals surface area contributed by atoms with Gasteiger partial charge in [-0.25, -0.2) is 31.5 Å². The predicted molar refractivity (Wildman–Crippen MR) is 126 cm³/mol. The van der Waals surface area contributed by atoms with Crippen molar-refractivity contribution >= 4 is 25.8 Å². The van der Waals surface area contributed by atoms with E-state index in [-0.39, 0.29) is 40.9 Å². The van der Waals surface area contributed by atoms with Gasteiger partial charge in [-0.15, -0.1) is 0 Å². The van der Waals surface area contributed by atoms with E-state index in [1.165, 1.54) is 36.7 Å². The number of halogens is 3. The predicted octanol–water partition coefficient (Wildman–Crippen LogP) is 3.80. The first-order chi connectivity index (χ1) is 16.8. The Balaban J connectivity index is 1.71. The Labute approximate surface area is 206 Å². The minimum Gasteiger partial charge on any atom is -0.493 e. The van der Waals surface area contributed by atoms with Crippen LogP contribution in [0.15, 0.2) is 59.8 Å². The van der Waals surface area contributed by atoms with E-state index in [1.807, 2.05) is 0 Å². The fraction of sp³-hybridized carbons (Fsp3) is 0.304. The smallest absolute Gasteiger partial charge is 0.416 e. The number of nitrogens with zero attached hydrogens (tertiary/aromatic N) is 2. The van der Waals surface area contributed by atoms with Gasteiger partial charge in [0.15, 0.2) is 0 Å². The van der Waals surface area contributed by atoms with Gasteiger partial charge in [0.05, 0.1) is 22.8 Å². The lowest BCUT2D eigenvalue weighted by molar-refractivity contribution is -0.137. The van der Waals surface area contributed by atoms with E-state index < -0.39 is 37.5 Å². The normalized spacial score (nSPS) is 16.2. The lowest BCUT2D eigenvalue weighted by atomic mass is 9.83. The summed E-state index contributed by atoms with van der Waals surface area (Å²) in [7, 11) is -7.45. The molecular weight excluding hydrogens is 519 g/mol. The molecule has 1 aliphatic heterocycles. The number of sulfone groups is 1. The highest BCUT2D eigenvalue weighted by atomic mass is 32.2. The molecule has 36 heavy (non-hydrogen) atoms. The summed E-state index contributed by atoms with van der Waals surface area (Å²) in [5.41, 5.74) is 0.546. The largest absolute Gasteiger partial charge is 0.493 e. The van der Waals surface area contributed by atoms with Crippen molar-refractivity contribution in [2.75, 3.05) is 23.3 Å². The van der Waals surface area contributed by atoms with Gasteiger partial charge in [0.1, 0.15) is 15.6 Å². The standard InChI is InChI=1S/C23H22F3N3O5S2/c1-35(30,31)12-8-15-13-16(23(24,25)26)3-5-18(15)19-7-11-34-21-14-17(4-6-20(19)21)36(32,33)29-22-27-9-2-10-28-22/h2-6,9-10,13-14,19H,7-8,11-12H2,1H3,(H,27,28,29). The van der Waals surface area contributed by atoms with E-state index >= 15 is 0 Å². The molecule has 2 heterocycles. The Morgan fingerprint density at radius 3 is 2.39 bits per heavy atom. The fourth-order valence-electron chi connectivity index (χ4n) is 4.02. The lowest BCUT2D eigenvalue weighted by Gasteiger charge is -2.29. The monoisotopic (exact) mass is 541 g/mol. The molecule has 0 fully saturated rings. The zero-order valence-electron chi connectivity index (χ0n) is 19.0. The summed E-state index contributed by atoms with van der Waals surface area (Å²) in [5.74, 6) is -0.541. The van der Waals surface area contributed by atoms with Gasteiger partial charge in [-0.05, 0) is 48.2 Å². The summed E-state index contributed by atoms with van der Waals surface area (Å²) in [6.07, 6.45) is -0.441. The topological polar surface area (TPSA) is 115 Å². The van der Waals surface area contributed by atoms with Crippen LogP contribution < -0.4 is 9.46 Å². The Morgan fingerprint density at radius 1 is 1.03 bits per heavy atom. The first kappa shape index (κ1) is 25.9. The van der Waals surface area contributed by atoms with Crippen molar-refractivity contribution < 1.29 is 34.7 Å². The summed E-state index contributed by atoms with van der Waals surface area (Å²) in [4.78, 5) is 7.59. The summed E-state index contributed by atoms with van der Waals surface area (Å²) >= 11 is 0. The van der Waals surface area contributed by atoms with Crippen molar-refractivity contribution in [2.24, 2.45) is 0 Å². The molecule has 1 aliphatic rings. The van der Waals surface area contributed by atoms with Gasteiger partial charge in [-0.3, -0.25) is 0 Å². The molecule has 1 N–H and O–H groups in total. The second kappa shape index (κ2) is 9.69. The van der Waals surface area contributed by atoms with E-state index in [4.69, 9.17) is 4.74 Å². The Kier molecular flexibility index (Phi) is 6.97. The molecule has 1 atom stereocenters. The fourth-order valence-corrected chi connectivity index (χ4v) is 5.59. The molecule has 0 saturated carbocycles. The van der Waals surface area contributed by atoms with E-state index in [0.29, 0.717) is 17.5 Å². The summed E-state index contributed by atoms with van der Waals surface area (Å²) in [6, 6.07) is 9.11. The average molecular weight is 542 g/mol. The molecule has 1 aromatic heterocycles. The van der Waals surface area contributed by atoms with E-state index in [1.54, 1.807) is 6.07 Å². The molecular formula is C23H22F3N3O5S2. The van der Waals surface area contributed by atoms with Crippen LogP contribution in [0.4, 0.5) is 19.1 Å². The highest BCUT2D eigenvalue weighted by Gasteiger charge is 2.33. The average Bonchev–Trinajstić information content (AvgIpc) is 2.81. The maximum Gasteiger partial charge on any atom is 0.416 e. The summed E-state index contributed by atoms with van der Waals surface area (Å²) in [5, 5.41) is 0. The second-order valence-corrected chi connectivity index (χ2v) is 12.3. The van der Waals surface area contributed by atoms with Crippen LogP contribution in [0.25, 0.3) is 0 Å². The highest BCUT2D eigenvalue weighted by molar-refractivity contribution is 7.92. The maximum atomic E-state index is 13.4. The molecule has 0 bridgehead atoms. The van der Waals surface area contributed by atoms with Gasteiger partial charge in [0.25, 0.3) is 10.0 Å². The number of fused-ring (bicyclic) bond motifs is 1. The molecule has 0 saturated heterocycles. The number of hydrogen-bond donors (Lipinski definition) is 1. The van der Waals surface area contributed by atoms with Crippen molar-refractivity contribution in [2.45, 2.75) is 29.8 Å². The zero-order valence-corrected chi connectivity index (χ0v) is 20.6. The lowest BCUT2D eigenvalue weighted by Crippen LogP contribution is -2.20. The number of ether oxygens (including phenoxy) is 1. The minimum absolute atomic E-state index is 0.0851. The number of sulfonamides is 1. The molecule has 2 aromatic carbocycles. The van der Waals surface area contributed by atoms with Crippen LogP contribution >= 0.6 is 0 Å².